The Hall–Kier alpha value is 0.360. The molecule has 0 saturated carbocycles. The van der Waals surface area contributed by atoms with Crippen LogP contribution in [0.5, 0.6) is 0 Å². The van der Waals surface area contributed by atoms with Crippen LogP contribution >= 0.6 is 35.2 Å². The van der Waals surface area contributed by atoms with Crippen LogP contribution in [0.25, 0.3) is 0 Å². The minimum Gasteiger partial charge on any atom is -1.00 e. The van der Waals surface area contributed by atoms with Gasteiger partial charge in [0.25, 0.3) is 5.56 Å². The zero-order valence-electron chi connectivity index (χ0n) is 15.8. The quantitative estimate of drug-likeness (QED) is 0.117. The summed E-state index contributed by atoms with van der Waals surface area (Å²) >= 11 is 0.727. The van der Waals surface area contributed by atoms with Crippen LogP contribution in [0.4, 0.5) is 0 Å². The molecule has 1 fully saturated rings. The molecule has 0 amide bonds. The Morgan fingerprint density at radius 1 is 1.03 bits per heavy atom. The number of nitrogens with one attached hydrogen (secondary N) is 2. The van der Waals surface area contributed by atoms with E-state index in [4.69, 9.17) is 14.7 Å². The summed E-state index contributed by atoms with van der Waals surface area (Å²) < 4.78 is 45.0. The summed E-state index contributed by atoms with van der Waals surface area (Å²) in [5, 5.41) is 17.9. The van der Waals surface area contributed by atoms with Gasteiger partial charge < -0.3 is 36.2 Å². The Bertz CT molecular complexity index is 1020. The van der Waals surface area contributed by atoms with Crippen LogP contribution in [0.3, 0.4) is 0 Å². The summed E-state index contributed by atoms with van der Waals surface area (Å²) in [6.07, 6.45) is -2.13. The Morgan fingerprint density at radius 2 is 1.63 bits per heavy atom. The van der Waals surface area contributed by atoms with E-state index in [1.165, 1.54) is 0 Å². The maximum absolute atomic E-state index is 11.8. The van der Waals surface area contributed by atoms with Gasteiger partial charge in [-0.05, 0) is 0 Å². The Kier molecular flexibility index (Phi) is 9.96. The molecule has 2 unspecified atom stereocenters. The van der Waals surface area contributed by atoms with Crippen LogP contribution < -0.4 is 40.8 Å². The molecule has 1 saturated heterocycles. The summed E-state index contributed by atoms with van der Waals surface area (Å²) in [6.45, 7) is -0.857. The molecule has 30 heavy (non-hydrogen) atoms. The van der Waals surface area contributed by atoms with Crippen molar-refractivity contribution in [1.82, 2.24) is 9.97 Å². The van der Waals surface area contributed by atoms with E-state index in [1.807, 2.05) is 4.98 Å². The van der Waals surface area contributed by atoms with Crippen molar-refractivity contribution in [1.29, 1.82) is 0 Å². The number of thioether (sulfide) groups is 1. The molecule has 8 N–H and O–H groups in total. The first-order chi connectivity index (χ1) is 13.1. The minimum absolute atomic E-state index is 0. The third-order valence-electron chi connectivity index (χ3n) is 3.33. The molecule has 1 aliphatic heterocycles. The molecule has 2 heterocycles. The van der Waals surface area contributed by atoms with Crippen molar-refractivity contribution in [2.45, 2.75) is 22.7 Å². The molecule has 1 aliphatic rings. The van der Waals surface area contributed by atoms with Crippen molar-refractivity contribution in [2.24, 2.45) is 0 Å². The number of hydrogen-bond donors (Lipinski definition) is 8. The fraction of sp³-hybridized carbons (Fsp3) is 0.556. The van der Waals surface area contributed by atoms with E-state index in [1.54, 1.807) is 0 Å². The molecule has 0 spiro atoms. The molecule has 0 bridgehead atoms. The van der Waals surface area contributed by atoms with E-state index in [0.29, 0.717) is 0 Å². The second-order valence-corrected chi connectivity index (χ2v) is 11.3. The van der Waals surface area contributed by atoms with E-state index in [2.05, 4.69) is 18.1 Å². The Morgan fingerprint density at radius 3 is 2.17 bits per heavy atom. The number of phosphoric ester groups is 1. The van der Waals surface area contributed by atoms with Crippen molar-refractivity contribution >= 4 is 35.2 Å². The summed E-state index contributed by atoms with van der Waals surface area (Å²) in [6, 6.07) is 0. The molecule has 2 rings (SSSR count). The summed E-state index contributed by atoms with van der Waals surface area (Å²) in [4.78, 5) is 62.3. The van der Waals surface area contributed by atoms with E-state index in [9.17, 15) is 38.4 Å². The van der Waals surface area contributed by atoms with Crippen LogP contribution in [0.2, 0.25) is 0 Å². The van der Waals surface area contributed by atoms with Gasteiger partial charge in [-0.25, -0.2) is 18.5 Å². The van der Waals surface area contributed by atoms with Crippen molar-refractivity contribution in [3.8, 4) is 0 Å². The normalized spacial score (nSPS) is 28.3. The van der Waals surface area contributed by atoms with Gasteiger partial charge in [-0.2, -0.15) is 8.62 Å². The second kappa shape index (κ2) is 10.5. The maximum atomic E-state index is 11.8. The average molecular weight is 524 g/mol. The van der Waals surface area contributed by atoms with Crippen molar-refractivity contribution < 1.29 is 87.6 Å². The second-order valence-electron chi connectivity index (χ2n) is 5.49. The first kappa shape index (κ1) is 28.4. The predicted molar refractivity (Wildman–Crippen MR) is 94.7 cm³/mol. The largest absolute Gasteiger partial charge is 1.00 e. The topological polar surface area (TPSA) is 266 Å². The number of aromatic amines is 2. The minimum atomic E-state index is -5.69. The summed E-state index contributed by atoms with van der Waals surface area (Å²) in [5.74, 6) is 0. The average Bonchev–Trinajstić information content (AvgIpc) is 2.78. The van der Waals surface area contributed by atoms with Gasteiger partial charge >= 0.3 is 58.7 Å². The van der Waals surface area contributed by atoms with Gasteiger partial charge in [0.15, 0.2) is 0 Å². The summed E-state index contributed by atoms with van der Waals surface area (Å²) in [5.41, 5.74) is -1.76. The number of aromatic nitrogens is 2. The monoisotopic (exact) mass is 524 g/mol. The number of phosphoric acid groups is 3. The number of rotatable bonds is 8. The fourth-order valence-electron chi connectivity index (χ4n) is 2.25. The van der Waals surface area contributed by atoms with Crippen molar-refractivity contribution in [3.05, 3.63) is 32.6 Å². The van der Waals surface area contributed by atoms with E-state index in [0.717, 1.165) is 18.0 Å². The molecule has 1 aromatic rings. The van der Waals surface area contributed by atoms with Crippen LogP contribution in [-0.4, -0.2) is 63.8 Å². The van der Waals surface area contributed by atoms with Crippen molar-refractivity contribution in [2.75, 3.05) is 6.61 Å². The standard InChI is InChI=1S/C9H15N2O14P3S.Na.H/c12-5-4(2-23-27(19,20)25-28(21,22)24-26(16,17)18)29-7(6(5)13)3-1-10-9(15)11-8(3)14;;/h1,4-7,12-13H,2H2,(H,19,20)(H,21,22)(H2,16,17,18)(H2,10,11,14,15);;/q;+1;-1/t4-,5-,6-,7+;;/m1../s1. The third kappa shape index (κ3) is 8.05. The first-order valence-electron chi connectivity index (χ1n) is 7.22. The molecule has 0 aliphatic carbocycles. The summed E-state index contributed by atoms with van der Waals surface area (Å²) in [7, 11) is -16.6. The van der Waals surface area contributed by atoms with Crippen LogP contribution in [0.1, 0.15) is 12.2 Å². The molecule has 1 aromatic heterocycles. The van der Waals surface area contributed by atoms with E-state index in [-0.39, 0.29) is 36.5 Å². The van der Waals surface area contributed by atoms with Gasteiger partial charge in [0.1, 0.15) is 0 Å². The third-order valence-corrected chi connectivity index (χ3v) is 8.73. The molecule has 0 aromatic carbocycles. The Labute approximate surface area is 194 Å². The number of H-pyrrole nitrogens is 2. The zero-order valence-corrected chi connectivity index (χ0v) is 20.3. The smallest absolute Gasteiger partial charge is 1.00 e. The first-order valence-corrected chi connectivity index (χ1v) is 12.7. The van der Waals surface area contributed by atoms with Crippen molar-refractivity contribution in [3.63, 3.8) is 0 Å². The van der Waals surface area contributed by atoms with Gasteiger partial charge in [-0.3, -0.25) is 14.3 Å². The van der Waals surface area contributed by atoms with Gasteiger partial charge in [-0.15, -0.1) is 11.8 Å². The van der Waals surface area contributed by atoms with Crippen LogP contribution in [0, 0.1) is 0 Å². The molecular formula is C9H16N2NaO14P3S. The van der Waals surface area contributed by atoms with Gasteiger partial charge in [-0.1, -0.05) is 0 Å². The molecule has 168 valence electrons. The number of aliphatic hydroxyl groups excluding tert-OH is 2. The van der Waals surface area contributed by atoms with Crippen LogP contribution in [-0.2, 0) is 26.8 Å². The molecule has 0 radical (unpaired) electrons. The number of hydrogen-bond acceptors (Lipinski definition) is 11. The molecule has 6 atom stereocenters. The molecule has 21 heteroatoms. The van der Waals surface area contributed by atoms with Gasteiger partial charge in [0.05, 0.1) is 29.3 Å². The molecular weight excluding hydrogens is 508 g/mol. The van der Waals surface area contributed by atoms with E-state index < -0.39 is 64.0 Å². The van der Waals surface area contributed by atoms with Gasteiger partial charge in [0.2, 0.25) is 0 Å². The maximum Gasteiger partial charge on any atom is 1.00 e. The number of aliphatic hydroxyl groups is 2. The fourth-order valence-corrected chi connectivity index (χ4v) is 6.88. The van der Waals surface area contributed by atoms with Crippen LogP contribution in [0.15, 0.2) is 15.8 Å². The molecule has 16 nitrogen and oxygen atoms in total. The Balaban J connectivity index is 0.00000450. The SMILES string of the molecule is O=c1[nH]cc([C@@H]2S[C@H](COP(=O)(O)OP(=O)(O)OP(=O)(O)O)[C@@H](O)[C@H]2O)c(=O)[nH]1.[H-].[Na+]. The zero-order chi connectivity index (χ0) is 22.2. The van der Waals surface area contributed by atoms with E-state index >= 15 is 0 Å². The van der Waals surface area contributed by atoms with Gasteiger partial charge in [0, 0.05) is 11.8 Å². The predicted octanol–water partition coefficient (Wildman–Crippen LogP) is -4.60.